The maximum atomic E-state index is 8.06. The summed E-state index contributed by atoms with van der Waals surface area (Å²) >= 11 is 1.89. The quantitative estimate of drug-likeness (QED) is 0.391. The van der Waals surface area contributed by atoms with E-state index in [2.05, 4.69) is 10.0 Å². The van der Waals surface area contributed by atoms with Gasteiger partial charge in [-0.15, -0.1) is 0 Å². The molecule has 0 heterocycles. The molecule has 0 aliphatic heterocycles. The van der Waals surface area contributed by atoms with Crippen molar-refractivity contribution in [3.05, 3.63) is 0 Å². The summed E-state index contributed by atoms with van der Waals surface area (Å²) in [5.74, 6) is 0. The van der Waals surface area contributed by atoms with Gasteiger partial charge in [0.2, 0.25) is 0 Å². The molecule has 0 amide bonds. The van der Waals surface area contributed by atoms with Crippen LogP contribution in [0.3, 0.4) is 0 Å². The van der Waals surface area contributed by atoms with Gasteiger partial charge in [0, 0.05) is 0 Å². The smallest absolute Gasteiger partial charge is 0.293 e. The molecule has 0 saturated heterocycles. The molecule has 4 heteroatoms. The predicted octanol–water partition coefficient (Wildman–Crippen LogP) is -0.191. The van der Waals surface area contributed by atoms with Crippen LogP contribution in [0.5, 0.6) is 0 Å². The van der Waals surface area contributed by atoms with Gasteiger partial charge in [-0.25, -0.2) is 0 Å². The summed E-state index contributed by atoms with van der Waals surface area (Å²) in [5, 5.41) is 0. The molecule has 0 rings (SSSR count). The van der Waals surface area contributed by atoms with Gasteiger partial charge >= 0.3 is 0 Å². The Morgan fingerprint density at radius 3 is 1.50 bits per heavy atom. The van der Waals surface area contributed by atoms with Crippen LogP contribution in [0.25, 0.3) is 0 Å². The minimum absolute atomic E-state index is 1.72. The zero-order chi connectivity index (χ0) is 4.00. The van der Waals surface area contributed by atoms with Crippen molar-refractivity contribution in [3.8, 4) is 0 Å². The summed E-state index contributed by atoms with van der Waals surface area (Å²) in [6.07, 6.45) is 0. The van der Waals surface area contributed by atoms with E-state index in [4.69, 9.17) is 4.46 Å². The molecule has 0 aromatic rings. The molecule has 0 spiro atoms. The van der Waals surface area contributed by atoms with Crippen LogP contribution in [-0.2, 0) is 4.46 Å². The molecule has 4 heavy (non-hydrogen) atoms. The molecule has 21 valence electrons. The molecule has 0 unspecified atom stereocenters. The number of halogens is 1. The standard InChI is InChI=1S/Al.ClH.OSi/c;;1-2/h;1H;/q+1;;-1/p-1. The Balaban J connectivity index is 0. The fraction of sp³-hybridized carbons (Fsp3) is 0. The summed E-state index contributed by atoms with van der Waals surface area (Å²) in [6, 6.07) is 0. The van der Waals surface area contributed by atoms with Crippen molar-refractivity contribution in [2.24, 2.45) is 0 Å². The van der Waals surface area contributed by atoms with Crippen LogP contribution >= 0.6 is 10.0 Å². The fourth-order valence-electron chi connectivity index (χ4n) is 0. The van der Waals surface area contributed by atoms with Crippen molar-refractivity contribution in [1.82, 2.24) is 0 Å². The Bertz CT molecular complexity index is 8.00. The molecule has 0 bridgehead atoms. The van der Waals surface area contributed by atoms with E-state index in [9.17, 15) is 0 Å². The Morgan fingerprint density at radius 1 is 1.50 bits per heavy atom. The van der Waals surface area contributed by atoms with Crippen LogP contribution in [0.2, 0.25) is 0 Å². The minimum Gasteiger partial charge on any atom is -0.656 e. The molecule has 3 radical (unpaired) electrons. The number of hydrogen-bond acceptors (Lipinski definition) is 1. The summed E-state index contributed by atoms with van der Waals surface area (Å²) in [7, 11) is 6.28. The number of rotatable bonds is 0. The third-order valence-electron chi connectivity index (χ3n) is 0. The van der Waals surface area contributed by atoms with Crippen LogP contribution in [0.1, 0.15) is 0 Å². The predicted molar refractivity (Wildman–Crippen MR) is 18.0 cm³/mol. The van der Waals surface area contributed by atoms with E-state index >= 15 is 0 Å². The van der Waals surface area contributed by atoms with E-state index in [0.29, 0.717) is 0 Å². The van der Waals surface area contributed by atoms with E-state index in [0.717, 1.165) is 0 Å². The molecule has 0 aromatic carbocycles. The lowest BCUT2D eigenvalue weighted by molar-refractivity contribution is 0.590. The highest BCUT2D eigenvalue weighted by molar-refractivity contribution is 6.80. The largest absolute Gasteiger partial charge is 0.656 e. The monoisotopic (exact) mass is 106 g/mol. The molecular weight excluding hydrogens is 107 g/mol. The molecule has 0 aromatic heterocycles. The van der Waals surface area contributed by atoms with E-state index in [-0.39, 0.29) is 0 Å². The van der Waals surface area contributed by atoms with Gasteiger partial charge in [0.05, 0.1) is 0 Å². The van der Waals surface area contributed by atoms with Gasteiger partial charge in [-0.05, 0) is 0 Å². The van der Waals surface area contributed by atoms with E-state index in [1.54, 1.807) is 10.1 Å². The molecule has 0 saturated carbocycles. The molecule has 0 aliphatic rings. The SMILES string of the molecule is O=[Si-].[Al][Cl]. The minimum atomic E-state index is 1.72. The number of hydrogen-bond donors (Lipinski definition) is 0. The van der Waals surface area contributed by atoms with Crippen molar-refractivity contribution >= 4 is 35.5 Å². The zero-order valence-corrected chi connectivity index (χ0v) is 4.77. The average Bonchev–Trinajstić information content (AvgIpc) is 1.50. The lowest BCUT2D eigenvalue weighted by atomic mass is 16.0. The Kier molecular flexibility index (Phi) is 97.2. The molecule has 0 fully saturated rings. The average molecular weight is 107 g/mol. The first-order valence-electron chi connectivity index (χ1n) is 0.422. The van der Waals surface area contributed by atoms with Crippen molar-refractivity contribution in [2.75, 3.05) is 0 Å². The molecule has 0 atom stereocenters. The van der Waals surface area contributed by atoms with Gasteiger partial charge in [0.1, 0.15) is 0 Å². The lowest BCUT2D eigenvalue weighted by Gasteiger charge is -1.22. The zero-order valence-electron chi connectivity index (χ0n) is 1.86. The lowest BCUT2D eigenvalue weighted by Crippen LogP contribution is -0.980. The Labute approximate surface area is 40.4 Å². The maximum absolute atomic E-state index is 8.06. The van der Waals surface area contributed by atoms with Gasteiger partial charge in [0.25, 0.3) is 15.4 Å². The van der Waals surface area contributed by atoms with Crippen molar-refractivity contribution in [3.63, 3.8) is 0 Å². The normalized spacial score (nSPS) is 2.25. The molecule has 0 N–H and O–H groups in total. The maximum Gasteiger partial charge on any atom is 0.293 e. The van der Waals surface area contributed by atoms with Crippen molar-refractivity contribution in [2.45, 2.75) is 0 Å². The topological polar surface area (TPSA) is 17.1 Å². The highest BCUT2D eigenvalue weighted by Gasteiger charge is 1.04. The summed E-state index contributed by atoms with van der Waals surface area (Å²) in [6.45, 7) is 0. The molecular formula is AlClOSi-. The van der Waals surface area contributed by atoms with Gasteiger partial charge < -0.3 is 14.6 Å². The third kappa shape index (κ3) is 13.6. The third-order valence-corrected chi connectivity index (χ3v) is 0. The second-order valence-electron chi connectivity index (χ2n) is 0. The van der Waals surface area contributed by atoms with Crippen LogP contribution in [0.15, 0.2) is 0 Å². The van der Waals surface area contributed by atoms with Gasteiger partial charge in [-0.2, -0.15) is 0 Å². The second kappa shape index (κ2) is 43.9. The molecule has 1 nitrogen and oxygen atoms in total. The van der Waals surface area contributed by atoms with E-state index in [1.807, 2.05) is 15.4 Å². The first-order chi connectivity index (χ1) is 2.00. The fourth-order valence-corrected chi connectivity index (χ4v) is 0. The second-order valence-corrected chi connectivity index (χ2v) is 0. The first-order valence-corrected chi connectivity index (χ1v) is 2.58. The first kappa shape index (κ1) is 8.85. The van der Waals surface area contributed by atoms with Crippen LogP contribution in [0.4, 0.5) is 0 Å². The van der Waals surface area contributed by atoms with Crippen molar-refractivity contribution in [1.29, 1.82) is 0 Å². The Hall–Kier alpha value is 0.839. The van der Waals surface area contributed by atoms with E-state index in [1.165, 1.54) is 0 Å². The highest BCUT2D eigenvalue weighted by Crippen LogP contribution is 1.29. The Morgan fingerprint density at radius 2 is 1.50 bits per heavy atom. The van der Waals surface area contributed by atoms with Crippen LogP contribution < -0.4 is 0 Å². The highest BCUT2D eigenvalue weighted by atomic mass is 35.6. The van der Waals surface area contributed by atoms with Gasteiger partial charge in [-0.1, -0.05) is 0 Å². The van der Waals surface area contributed by atoms with Gasteiger partial charge in [0.15, 0.2) is 0 Å². The van der Waals surface area contributed by atoms with Crippen LogP contribution in [0, 0.1) is 0 Å². The summed E-state index contributed by atoms with van der Waals surface area (Å²) < 4.78 is 8.06. The van der Waals surface area contributed by atoms with Crippen LogP contribution in [-0.4, -0.2) is 25.5 Å². The van der Waals surface area contributed by atoms with Gasteiger partial charge in [-0.3, -0.25) is 10.0 Å². The summed E-state index contributed by atoms with van der Waals surface area (Å²) in [5.41, 5.74) is 0. The molecule has 0 aliphatic carbocycles. The summed E-state index contributed by atoms with van der Waals surface area (Å²) in [4.78, 5) is 0. The van der Waals surface area contributed by atoms with E-state index < -0.39 is 0 Å². The van der Waals surface area contributed by atoms with Crippen molar-refractivity contribution < 1.29 is 4.46 Å².